The van der Waals surface area contributed by atoms with Crippen molar-refractivity contribution in [3.8, 4) is 0 Å². The second-order valence-corrected chi connectivity index (χ2v) is 9.53. The molecule has 3 rings (SSSR count). The fraction of sp³-hybridized carbons (Fsp3) is 0.400. The van der Waals surface area contributed by atoms with Crippen molar-refractivity contribution >= 4 is 34.8 Å². The van der Waals surface area contributed by atoms with Gasteiger partial charge >= 0.3 is 0 Å². The molecular weight excluding hydrogens is 406 g/mol. The summed E-state index contributed by atoms with van der Waals surface area (Å²) in [5.74, 6) is -0.311. The molecule has 2 aromatic rings. The highest BCUT2D eigenvalue weighted by molar-refractivity contribution is 7.80. The van der Waals surface area contributed by atoms with Crippen molar-refractivity contribution in [3.05, 3.63) is 65.2 Å². The number of carbonyl (C=O) groups is 2. The van der Waals surface area contributed by atoms with E-state index in [0.29, 0.717) is 16.8 Å². The van der Waals surface area contributed by atoms with Crippen LogP contribution >= 0.6 is 12.2 Å². The lowest BCUT2D eigenvalue weighted by Crippen LogP contribution is -2.36. The Bertz CT molecular complexity index is 925. The van der Waals surface area contributed by atoms with Gasteiger partial charge in [0.15, 0.2) is 5.11 Å². The van der Waals surface area contributed by atoms with Gasteiger partial charge in [-0.3, -0.25) is 14.9 Å². The van der Waals surface area contributed by atoms with Crippen LogP contribution in [0.1, 0.15) is 79.2 Å². The van der Waals surface area contributed by atoms with Gasteiger partial charge in [-0.05, 0) is 72.4 Å². The molecule has 1 aliphatic rings. The van der Waals surface area contributed by atoms with Crippen LogP contribution in [0.15, 0.2) is 48.5 Å². The average Bonchev–Trinajstić information content (AvgIpc) is 2.74. The fourth-order valence-corrected chi connectivity index (χ4v) is 3.89. The van der Waals surface area contributed by atoms with Crippen LogP contribution in [0.4, 0.5) is 5.69 Å². The summed E-state index contributed by atoms with van der Waals surface area (Å²) in [4.78, 5) is 24.9. The van der Waals surface area contributed by atoms with Gasteiger partial charge in [-0.1, -0.05) is 52.2 Å². The number of thiocarbonyl (C=S) groups is 1. The lowest BCUT2D eigenvalue weighted by molar-refractivity contribution is 0.0926. The highest BCUT2D eigenvalue weighted by Crippen LogP contribution is 2.22. The van der Waals surface area contributed by atoms with E-state index in [1.807, 2.05) is 12.1 Å². The lowest BCUT2D eigenvalue weighted by atomic mass is 9.87. The second kappa shape index (κ2) is 10.1. The molecule has 0 aromatic heterocycles. The summed E-state index contributed by atoms with van der Waals surface area (Å²) in [5, 5.41) is 9.01. The van der Waals surface area contributed by atoms with E-state index < -0.39 is 0 Å². The Morgan fingerprint density at radius 3 is 1.97 bits per heavy atom. The van der Waals surface area contributed by atoms with Crippen LogP contribution in [0.5, 0.6) is 0 Å². The van der Waals surface area contributed by atoms with Crippen LogP contribution < -0.4 is 16.0 Å². The van der Waals surface area contributed by atoms with Gasteiger partial charge < -0.3 is 10.6 Å². The molecule has 0 radical (unpaired) electrons. The van der Waals surface area contributed by atoms with E-state index in [-0.39, 0.29) is 28.4 Å². The predicted octanol–water partition coefficient (Wildman–Crippen LogP) is 5.17. The minimum Gasteiger partial charge on any atom is -0.349 e. The third-order valence-electron chi connectivity index (χ3n) is 5.59. The lowest BCUT2D eigenvalue weighted by Gasteiger charge is -2.22. The highest BCUT2D eigenvalue weighted by atomic mass is 32.1. The monoisotopic (exact) mass is 437 g/mol. The number of benzene rings is 2. The van der Waals surface area contributed by atoms with Gasteiger partial charge in [-0.2, -0.15) is 0 Å². The van der Waals surface area contributed by atoms with Gasteiger partial charge in [-0.25, -0.2) is 0 Å². The zero-order valence-electron chi connectivity index (χ0n) is 18.5. The van der Waals surface area contributed by atoms with Crippen molar-refractivity contribution in [2.24, 2.45) is 0 Å². The van der Waals surface area contributed by atoms with Gasteiger partial charge in [-0.15, -0.1) is 0 Å². The molecule has 1 saturated carbocycles. The Morgan fingerprint density at radius 2 is 1.39 bits per heavy atom. The van der Waals surface area contributed by atoms with Crippen molar-refractivity contribution in [2.45, 2.75) is 64.3 Å². The van der Waals surface area contributed by atoms with E-state index in [1.54, 1.807) is 36.4 Å². The van der Waals surface area contributed by atoms with Gasteiger partial charge in [0.2, 0.25) is 0 Å². The Hall–Kier alpha value is -2.73. The first-order valence-corrected chi connectivity index (χ1v) is 11.3. The molecule has 164 valence electrons. The number of nitrogens with one attached hydrogen (secondary N) is 3. The smallest absolute Gasteiger partial charge is 0.257 e. The summed E-state index contributed by atoms with van der Waals surface area (Å²) in [6.45, 7) is 6.39. The minimum absolute atomic E-state index is 0.0331. The molecule has 31 heavy (non-hydrogen) atoms. The molecule has 0 atom stereocenters. The third-order valence-corrected chi connectivity index (χ3v) is 5.79. The summed E-state index contributed by atoms with van der Waals surface area (Å²) in [6.07, 6.45) is 5.72. The molecule has 1 fully saturated rings. The molecule has 0 saturated heterocycles. The zero-order chi connectivity index (χ0) is 22.4. The fourth-order valence-electron chi connectivity index (χ4n) is 3.68. The standard InChI is InChI=1S/C25H31N3O2S/c1-25(2,3)19-13-9-17(10-14-19)23(30)28-24(31)27-21-15-11-18(12-16-21)22(29)26-20-7-5-4-6-8-20/h9-16,20H,4-8H2,1-3H3,(H,26,29)(H2,27,28,30,31). The Balaban J connectivity index is 1.52. The van der Waals surface area contributed by atoms with E-state index in [9.17, 15) is 9.59 Å². The van der Waals surface area contributed by atoms with Crippen LogP contribution in [0.25, 0.3) is 0 Å². The second-order valence-electron chi connectivity index (χ2n) is 9.12. The van der Waals surface area contributed by atoms with Gasteiger partial charge in [0.25, 0.3) is 11.8 Å². The maximum Gasteiger partial charge on any atom is 0.257 e. The van der Waals surface area contributed by atoms with Crippen molar-refractivity contribution in [3.63, 3.8) is 0 Å². The molecular formula is C25H31N3O2S. The summed E-state index contributed by atoms with van der Waals surface area (Å²) >= 11 is 5.27. The van der Waals surface area contributed by atoms with Crippen LogP contribution in [-0.2, 0) is 5.41 Å². The molecule has 3 N–H and O–H groups in total. The maximum atomic E-state index is 12.4. The topological polar surface area (TPSA) is 70.2 Å². The first-order chi connectivity index (χ1) is 14.7. The van der Waals surface area contributed by atoms with E-state index in [1.165, 1.54) is 19.3 Å². The molecule has 0 bridgehead atoms. The first-order valence-electron chi connectivity index (χ1n) is 10.9. The van der Waals surface area contributed by atoms with Crippen LogP contribution in [0, 0.1) is 0 Å². The molecule has 2 aromatic carbocycles. The van der Waals surface area contributed by atoms with E-state index in [2.05, 4.69) is 36.7 Å². The SMILES string of the molecule is CC(C)(C)c1ccc(C(=O)NC(=S)Nc2ccc(C(=O)NC3CCCCC3)cc2)cc1. The van der Waals surface area contributed by atoms with Gasteiger partial charge in [0.05, 0.1) is 0 Å². The number of rotatable bonds is 4. The predicted molar refractivity (Wildman–Crippen MR) is 130 cm³/mol. The molecule has 0 aliphatic heterocycles. The van der Waals surface area contributed by atoms with Crippen molar-refractivity contribution in [1.82, 2.24) is 10.6 Å². The molecule has 0 spiro atoms. The van der Waals surface area contributed by atoms with Crippen molar-refractivity contribution in [1.29, 1.82) is 0 Å². The van der Waals surface area contributed by atoms with Crippen LogP contribution in [-0.4, -0.2) is 23.0 Å². The highest BCUT2D eigenvalue weighted by Gasteiger charge is 2.17. The number of hydrogen-bond donors (Lipinski definition) is 3. The average molecular weight is 438 g/mol. The molecule has 5 nitrogen and oxygen atoms in total. The Kier molecular flexibility index (Phi) is 7.44. The maximum absolute atomic E-state index is 12.4. The molecule has 6 heteroatoms. The van der Waals surface area contributed by atoms with E-state index in [4.69, 9.17) is 12.2 Å². The normalized spacial score (nSPS) is 14.5. The number of anilines is 1. The minimum atomic E-state index is -0.263. The molecule has 1 aliphatic carbocycles. The number of carbonyl (C=O) groups excluding carboxylic acids is 2. The summed E-state index contributed by atoms with van der Waals surface area (Å²) in [7, 11) is 0. The van der Waals surface area contributed by atoms with Crippen LogP contribution in [0.3, 0.4) is 0 Å². The van der Waals surface area contributed by atoms with E-state index >= 15 is 0 Å². The van der Waals surface area contributed by atoms with Crippen LogP contribution in [0.2, 0.25) is 0 Å². The molecule has 2 amide bonds. The number of amides is 2. The first kappa shape index (κ1) is 22.9. The summed E-state index contributed by atoms with van der Waals surface area (Å²) in [6, 6.07) is 14.9. The Labute approximate surface area is 190 Å². The van der Waals surface area contributed by atoms with Crippen molar-refractivity contribution < 1.29 is 9.59 Å². The largest absolute Gasteiger partial charge is 0.349 e. The molecule has 0 unspecified atom stereocenters. The van der Waals surface area contributed by atoms with Gasteiger partial charge in [0, 0.05) is 22.9 Å². The quantitative estimate of drug-likeness (QED) is 0.577. The number of hydrogen-bond acceptors (Lipinski definition) is 3. The summed E-state index contributed by atoms with van der Waals surface area (Å²) < 4.78 is 0. The van der Waals surface area contributed by atoms with Gasteiger partial charge in [0.1, 0.15) is 0 Å². The zero-order valence-corrected chi connectivity index (χ0v) is 19.3. The molecule has 0 heterocycles. The Morgan fingerprint density at radius 1 is 0.839 bits per heavy atom. The third kappa shape index (κ3) is 6.62. The van der Waals surface area contributed by atoms with Crippen molar-refractivity contribution in [2.75, 3.05) is 5.32 Å². The van der Waals surface area contributed by atoms with E-state index in [0.717, 1.165) is 18.4 Å². The summed E-state index contributed by atoms with van der Waals surface area (Å²) in [5.41, 5.74) is 3.07.